The molecule has 1 nitrogen and oxygen atoms in total. The molecule has 0 aliphatic carbocycles. The maximum Gasteiger partial charge on any atom is 0.00206 e. The minimum atomic E-state index is 0.644. The summed E-state index contributed by atoms with van der Waals surface area (Å²) in [5, 5.41) is 3.58. The zero-order chi connectivity index (χ0) is 12.2. The van der Waals surface area contributed by atoms with Crippen molar-refractivity contribution in [2.75, 3.05) is 13.1 Å². The Balaban J connectivity index is 1.77. The number of benzene rings is 2. The van der Waals surface area contributed by atoms with Crippen LogP contribution in [-0.2, 0) is 0 Å². The third-order valence-electron chi connectivity index (χ3n) is 3.89. The lowest BCUT2D eigenvalue weighted by molar-refractivity contribution is 0.413. The fourth-order valence-electron chi connectivity index (χ4n) is 2.90. The summed E-state index contributed by atoms with van der Waals surface area (Å²) in [6, 6.07) is 21.7. The number of piperidine rings is 1. The molecule has 1 heterocycles. The van der Waals surface area contributed by atoms with Crippen LogP contribution in [-0.4, -0.2) is 13.1 Å². The van der Waals surface area contributed by atoms with Crippen LogP contribution in [0, 0.1) is 0 Å². The number of nitrogens with one attached hydrogen (secondary N) is 1. The highest BCUT2D eigenvalue weighted by molar-refractivity contribution is 5.25. The average Bonchev–Trinajstić information content (AvgIpc) is 2.49. The predicted octanol–water partition coefficient (Wildman–Crippen LogP) is 3.55. The van der Waals surface area contributed by atoms with Gasteiger partial charge >= 0.3 is 0 Å². The topological polar surface area (TPSA) is 12.0 Å². The van der Waals surface area contributed by atoms with E-state index in [9.17, 15) is 0 Å². The van der Waals surface area contributed by atoms with Crippen LogP contribution in [0.25, 0.3) is 0 Å². The van der Waals surface area contributed by atoms with Gasteiger partial charge in [0.05, 0.1) is 0 Å². The summed E-state index contributed by atoms with van der Waals surface area (Å²) in [4.78, 5) is 0. The molecule has 1 aliphatic rings. The molecule has 3 rings (SSSR count). The van der Waals surface area contributed by atoms with Crippen molar-refractivity contribution in [1.29, 1.82) is 0 Å². The summed E-state index contributed by atoms with van der Waals surface area (Å²) >= 11 is 0. The molecule has 2 atom stereocenters. The van der Waals surface area contributed by atoms with Crippen molar-refractivity contribution in [2.45, 2.75) is 18.3 Å². The predicted molar refractivity (Wildman–Crippen MR) is 75.9 cm³/mol. The molecule has 0 radical (unpaired) electrons. The van der Waals surface area contributed by atoms with E-state index in [1.54, 1.807) is 0 Å². The molecule has 0 saturated carbocycles. The van der Waals surface area contributed by atoms with E-state index < -0.39 is 0 Å². The molecule has 2 aromatic rings. The van der Waals surface area contributed by atoms with Gasteiger partial charge in [-0.3, -0.25) is 0 Å². The fourth-order valence-corrected chi connectivity index (χ4v) is 2.90. The lowest BCUT2D eigenvalue weighted by Gasteiger charge is -2.30. The molecule has 0 aromatic heterocycles. The van der Waals surface area contributed by atoms with E-state index in [0.29, 0.717) is 11.8 Å². The van der Waals surface area contributed by atoms with Gasteiger partial charge in [-0.25, -0.2) is 0 Å². The molecule has 1 fully saturated rings. The van der Waals surface area contributed by atoms with E-state index in [2.05, 4.69) is 66.0 Å². The molecular weight excluding hydrogens is 218 g/mol. The fraction of sp³-hybridized carbons (Fsp3) is 0.294. The first-order valence-corrected chi connectivity index (χ1v) is 6.74. The highest BCUT2D eigenvalue weighted by Crippen LogP contribution is 2.32. The van der Waals surface area contributed by atoms with Crippen LogP contribution in [0.15, 0.2) is 60.7 Å². The summed E-state index contributed by atoms with van der Waals surface area (Å²) in [6.45, 7) is 2.21. The first-order chi connectivity index (χ1) is 8.93. The molecule has 2 unspecified atom stereocenters. The normalized spacial score (nSPS) is 23.8. The van der Waals surface area contributed by atoms with Crippen molar-refractivity contribution in [3.8, 4) is 0 Å². The minimum absolute atomic E-state index is 0.644. The average molecular weight is 237 g/mol. The molecule has 1 N–H and O–H groups in total. The van der Waals surface area contributed by atoms with Crippen LogP contribution in [0.2, 0.25) is 0 Å². The van der Waals surface area contributed by atoms with E-state index in [4.69, 9.17) is 0 Å². The van der Waals surface area contributed by atoms with E-state index in [-0.39, 0.29) is 0 Å². The number of hydrogen-bond acceptors (Lipinski definition) is 1. The van der Waals surface area contributed by atoms with Crippen LogP contribution >= 0.6 is 0 Å². The Morgan fingerprint density at radius 3 is 1.56 bits per heavy atom. The van der Waals surface area contributed by atoms with Crippen LogP contribution in [0.4, 0.5) is 0 Å². The van der Waals surface area contributed by atoms with Crippen molar-refractivity contribution in [2.24, 2.45) is 0 Å². The molecule has 1 heteroatoms. The van der Waals surface area contributed by atoms with E-state index >= 15 is 0 Å². The largest absolute Gasteiger partial charge is 0.316 e. The van der Waals surface area contributed by atoms with Gasteiger partial charge in [0.15, 0.2) is 0 Å². The Bertz CT molecular complexity index is 432. The standard InChI is InChI=1S/C17H19N/c1-3-7-14(8-4-1)16-11-17(13-18-12-16)15-9-5-2-6-10-15/h1-10,16-18H,11-13H2. The highest BCUT2D eigenvalue weighted by Gasteiger charge is 2.23. The molecule has 0 spiro atoms. The molecule has 18 heavy (non-hydrogen) atoms. The van der Waals surface area contributed by atoms with Crippen LogP contribution < -0.4 is 5.32 Å². The Morgan fingerprint density at radius 2 is 1.11 bits per heavy atom. The SMILES string of the molecule is c1ccc(C2CNCC(c3ccccc3)C2)cc1. The van der Waals surface area contributed by atoms with Crippen LogP contribution in [0.1, 0.15) is 29.4 Å². The van der Waals surface area contributed by atoms with Crippen LogP contribution in [0.3, 0.4) is 0 Å². The smallest absolute Gasteiger partial charge is 0.00206 e. The van der Waals surface area contributed by atoms with Gasteiger partial charge in [0.25, 0.3) is 0 Å². The quantitative estimate of drug-likeness (QED) is 0.842. The maximum atomic E-state index is 3.58. The monoisotopic (exact) mass is 237 g/mol. The third kappa shape index (κ3) is 2.46. The van der Waals surface area contributed by atoms with Crippen molar-refractivity contribution < 1.29 is 0 Å². The first-order valence-electron chi connectivity index (χ1n) is 6.74. The Hall–Kier alpha value is -1.60. The zero-order valence-electron chi connectivity index (χ0n) is 10.5. The maximum absolute atomic E-state index is 3.58. The molecular formula is C17H19N. The molecule has 0 amide bonds. The van der Waals surface area contributed by atoms with Crippen LogP contribution in [0.5, 0.6) is 0 Å². The van der Waals surface area contributed by atoms with Gasteiger partial charge in [-0.15, -0.1) is 0 Å². The minimum Gasteiger partial charge on any atom is -0.316 e. The van der Waals surface area contributed by atoms with E-state index in [1.807, 2.05) is 0 Å². The zero-order valence-corrected chi connectivity index (χ0v) is 10.5. The van der Waals surface area contributed by atoms with Crippen molar-refractivity contribution in [1.82, 2.24) is 5.32 Å². The van der Waals surface area contributed by atoms with E-state index in [0.717, 1.165) is 13.1 Å². The van der Waals surface area contributed by atoms with Crippen molar-refractivity contribution in [3.05, 3.63) is 71.8 Å². The van der Waals surface area contributed by atoms with E-state index in [1.165, 1.54) is 17.5 Å². The highest BCUT2D eigenvalue weighted by atomic mass is 14.9. The van der Waals surface area contributed by atoms with Crippen molar-refractivity contribution in [3.63, 3.8) is 0 Å². The Labute approximate surface area is 109 Å². The van der Waals surface area contributed by atoms with Crippen molar-refractivity contribution >= 4 is 0 Å². The summed E-state index contributed by atoms with van der Waals surface area (Å²) in [5.41, 5.74) is 2.93. The lowest BCUT2D eigenvalue weighted by Crippen LogP contribution is -2.33. The Morgan fingerprint density at radius 1 is 0.667 bits per heavy atom. The molecule has 0 bridgehead atoms. The van der Waals surface area contributed by atoms with Gasteiger partial charge < -0.3 is 5.32 Å². The molecule has 1 aliphatic heterocycles. The summed E-state index contributed by atoms with van der Waals surface area (Å²) in [5.74, 6) is 1.29. The Kier molecular flexibility index (Phi) is 3.42. The summed E-state index contributed by atoms with van der Waals surface area (Å²) < 4.78 is 0. The van der Waals surface area contributed by atoms with Gasteiger partial charge in [0.1, 0.15) is 0 Å². The second-order valence-corrected chi connectivity index (χ2v) is 5.11. The number of rotatable bonds is 2. The number of hydrogen-bond donors (Lipinski definition) is 1. The second kappa shape index (κ2) is 5.36. The summed E-state index contributed by atoms with van der Waals surface area (Å²) in [7, 11) is 0. The van der Waals surface area contributed by atoms with Gasteiger partial charge in [0.2, 0.25) is 0 Å². The van der Waals surface area contributed by atoms with Gasteiger partial charge in [-0.1, -0.05) is 60.7 Å². The summed E-state index contributed by atoms with van der Waals surface area (Å²) in [6.07, 6.45) is 1.25. The lowest BCUT2D eigenvalue weighted by atomic mass is 9.82. The van der Waals surface area contributed by atoms with Gasteiger partial charge in [0, 0.05) is 13.1 Å². The first kappa shape index (κ1) is 11.5. The molecule has 1 saturated heterocycles. The second-order valence-electron chi connectivity index (χ2n) is 5.11. The molecule has 92 valence electrons. The third-order valence-corrected chi connectivity index (χ3v) is 3.89. The van der Waals surface area contributed by atoms with Gasteiger partial charge in [-0.2, -0.15) is 0 Å². The van der Waals surface area contributed by atoms with Gasteiger partial charge in [-0.05, 0) is 29.4 Å². The molecule has 2 aromatic carbocycles.